The second kappa shape index (κ2) is 7.17. The molecule has 0 saturated carbocycles. The van der Waals surface area contributed by atoms with Gasteiger partial charge in [-0.15, -0.1) is 4.28 Å². The Morgan fingerprint density at radius 3 is 2.50 bits per heavy atom. The highest BCUT2D eigenvalue weighted by molar-refractivity contribution is 7.99. The molecule has 0 unspecified atom stereocenters. The van der Waals surface area contributed by atoms with Gasteiger partial charge in [-0.1, -0.05) is 56.3 Å². The van der Waals surface area contributed by atoms with Crippen LogP contribution in [0.15, 0.2) is 52.3 Å². The summed E-state index contributed by atoms with van der Waals surface area (Å²) in [4.78, 5) is 2.01. The van der Waals surface area contributed by atoms with Crippen LogP contribution < -0.4 is 5.06 Å². The van der Waals surface area contributed by atoms with E-state index in [0.29, 0.717) is 6.42 Å². The number of benzene rings is 2. The molecule has 4 nitrogen and oxygen atoms in total. The van der Waals surface area contributed by atoms with Crippen LogP contribution in [-0.2, 0) is 20.8 Å². The van der Waals surface area contributed by atoms with Gasteiger partial charge in [0.1, 0.15) is 0 Å². The monoisotopic (exact) mass is 363 g/mol. The molecule has 0 radical (unpaired) electrons. The molecule has 0 amide bonds. The van der Waals surface area contributed by atoms with Crippen LogP contribution in [0.1, 0.15) is 32.3 Å². The molecule has 0 aromatic heterocycles. The maximum atomic E-state index is 12.3. The van der Waals surface area contributed by atoms with Crippen LogP contribution in [-0.4, -0.2) is 14.2 Å². The Bertz CT molecular complexity index is 834. The highest BCUT2D eigenvalue weighted by Gasteiger charge is 2.30. The van der Waals surface area contributed by atoms with E-state index in [1.54, 1.807) is 11.8 Å². The first-order valence-corrected chi connectivity index (χ1v) is 10.6. The smallest absolute Gasteiger partial charge is 0.202 e. The Kier molecular flexibility index (Phi) is 5.18. The summed E-state index contributed by atoms with van der Waals surface area (Å²) < 4.78 is 30.2. The Morgan fingerprint density at radius 1 is 1.00 bits per heavy atom. The van der Waals surface area contributed by atoms with Gasteiger partial charge in [-0.05, 0) is 36.6 Å². The van der Waals surface area contributed by atoms with E-state index in [-0.39, 0.29) is 5.75 Å². The van der Waals surface area contributed by atoms with E-state index < -0.39 is 10.1 Å². The van der Waals surface area contributed by atoms with Crippen molar-refractivity contribution < 1.29 is 12.7 Å². The summed E-state index contributed by atoms with van der Waals surface area (Å²) in [6.07, 6.45) is 2.38. The third kappa shape index (κ3) is 3.45. The SMILES string of the molecule is CCCc1cccc2c1N(OS(=O)(=O)CCC)c1ccccc1S2. The van der Waals surface area contributed by atoms with Crippen LogP contribution in [0.3, 0.4) is 0 Å². The number of rotatable bonds is 6. The number of hydrogen-bond donors (Lipinski definition) is 0. The van der Waals surface area contributed by atoms with Gasteiger partial charge < -0.3 is 0 Å². The molecular formula is C18H21NO3S2. The minimum Gasteiger partial charge on any atom is -0.202 e. The van der Waals surface area contributed by atoms with Crippen LogP contribution in [0.2, 0.25) is 0 Å². The zero-order valence-corrected chi connectivity index (χ0v) is 15.5. The molecule has 1 aliphatic heterocycles. The molecule has 0 N–H and O–H groups in total. The summed E-state index contributed by atoms with van der Waals surface area (Å²) in [7, 11) is -3.63. The molecule has 0 fully saturated rings. The summed E-state index contributed by atoms with van der Waals surface area (Å²) in [5, 5.41) is 1.51. The van der Waals surface area contributed by atoms with Gasteiger partial charge in [0, 0.05) is 9.79 Å². The highest BCUT2D eigenvalue weighted by atomic mass is 32.2. The molecule has 0 spiro atoms. The average molecular weight is 364 g/mol. The van der Waals surface area contributed by atoms with E-state index in [2.05, 4.69) is 6.92 Å². The first-order chi connectivity index (χ1) is 11.6. The van der Waals surface area contributed by atoms with Gasteiger partial charge in [-0.25, -0.2) is 5.06 Å². The predicted octanol–water partition coefficient (Wildman–Crippen LogP) is 4.91. The maximum absolute atomic E-state index is 12.3. The molecule has 2 aromatic carbocycles. The summed E-state index contributed by atoms with van der Waals surface area (Å²) in [6, 6.07) is 13.8. The van der Waals surface area contributed by atoms with Crippen molar-refractivity contribution in [3.63, 3.8) is 0 Å². The third-order valence-electron chi connectivity index (χ3n) is 3.75. The fraction of sp³-hybridized carbons (Fsp3) is 0.333. The van der Waals surface area contributed by atoms with Crippen molar-refractivity contribution in [2.45, 2.75) is 42.9 Å². The Morgan fingerprint density at radius 2 is 1.75 bits per heavy atom. The second-order valence-corrected chi connectivity index (χ2v) is 8.47. The van der Waals surface area contributed by atoms with E-state index in [9.17, 15) is 8.42 Å². The summed E-state index contributed by atoms with van der Waals surface area (Å²) in [5.74, 6) is 0.00406. The molecular weight excluding hydrogens is 342 g/mol. The van der Waals surface area contributed by atoms with Crippen molar-refractivity contribution in [3.05, 3.63) is 48.0 Å². The summed E-state index contributed by atoms with van der Waals surface area (Å²) in [6.45, 7) is 3.94. The van der Waals surface area contributed by atoms with Crippen LogP contribution in [0, 0.1) is 0 Å². The molecule has 3 rings (SSSR count). The van der Waals surface area contributed by atoms with Crippen LogP contribution in [0.4, 0.5) is 11.4 Å². The van der Waals surface area contributed by atoms with Crippen molar-refractivity contribution in [2.24, 2.45) is 0 Å². The van der Waals surface area contributed by atoms with Crippen LogP contribution in [0.25, 0.3) is 0 Å². The first-order valence-electron chi connectivity index (χ1n) is 8.17. The van der Waals surface area contributed by atoms with Crippen LogP contribution >= 0.6 is 11.8 Å². The van der Waals surface area contributed by atoms with Crippen LogP contribution in [0.5, 0.6) is 0 Å². The fourth-order valence-electron chi connectivity index (χ4n) is 2.78. The Labute approximate surface area is 147 Å². The van der Waals surface area contributed by atoms with E-state index in [1.165, 1.54) is 5.06 Å². The largest absolute Gasteiger partial charge is 0.288 e. The van der Waals surface area contributed by atoms with E-state index in [1.807, 2.05) is 49.4 Å². The van der Waals surface area contributed by atoms with Crippen molar-refractivity contribution in [1.29, 1.82) is 0 Å². The lowest BCUT2D eigenvalue weighted by atomic mass is 10.1. The molecule has 0 atom stereocenters. The lowest BCUT2D eigenvalue weighted by Crippen LogP contribution is -2.27. The third-order valence-corrected chi connectivity index (χ3v) is 6.15. The van der Waals surface area contributed by atoms with E-state index in [4.69, 9.17) is 4.28 Å². The van der Waals surface area contributed by atoms with Crippen molar-refractivity contribution in [1.82, 2.24) is 0 Å². The molecule has 1 aliphatic rings. The lowest BCUT2D eigenvalue weighted by molar-refractivity contribution is 0.318. The lowest BCUT2D eigenvalue weighted by Gasteiger charge is -2.32. The minimum absolute atomic E-state index is 0.00406. The van der Waals surface area contributed by atoms with Gasteiger partial charge in [0.2, 0.25) is 0 Å². The molecule has 0 aliphatic carbocycles. The highest BCUT2D eigenvalue weighted by Crippen LogP contribution is 2.50. The average Bonchev–Trinajstić information content (AvgIpc) is 2.54. The Hall–Kier alpha value is -1.50. The fourth-order valence-corrected chi connectivity index (χ4v) is 4.83. The quantitative estimate of drug-likeness (QED) is 0.729. The van der Waals surface area contributed by atoms with Gasteiger partial charge in [0.05, 0.1) is 17.1 Å². The second-order valence-electron chi connectivity index (χ2n) is 5.71. The molecule has 0 saturated heterocycles. The zero-order valence-electron chi connectivity index (χ0n) is 13.9. The summed E-state index contributed by atoms with van der Waals surface area (Å²) in [5.41, 5.74) is 2.73. The maximum Gasteiger partial charge on any atom is 0.288 e. The first kappa shape index (κ1) is 17.3. The molecule has 128 valence electrons. The summed E-state index contributed by atoms with van der Waals surface area (Å²) >= 11 is 1.65. The number of hydrogen-bond acceptors (Lipinski definition) is 5. The topological polar surface area (TPSA) is 46.6 Å². The standard InChI is InChI=1S/C18H21NO3S2/c1-3-8-14-9-7-12-17-18(14)19(22-24(20,21)13-4-2)15-10-5-6-11-16(15)23-17/h5-7,9-12H,3-4,8,13H2,1-2H3. The predicted molar refractivity (Wildman–Crippen MR) is 98.3 cm³/mol. The van der Waals surface area contributed by atoms with Gasteiger partial charge in [0.25, 0.3) is 10.1 Å². The normalized spacial score (nSPS) is 13.5. The van der Waals surface area contributed by atoms with Gasteiger partial charge in [0.15, 0.2) is 0 Å². The van der Waals surface area contributed by atoms with Gasteiger partial charge in [-0.2, -0.15) is 8.42 Å². The number of fused-ring (bicyclic) bond motifs is 2. The van der Waals surface area contributed by atoms with Crippen molar-refractivity contribution in [2.75, 3.05) is 10.8 Å². The van der Waals surface area contributed by atoms with Gasteiger partial charge in [-0.3, -0.25) is 0 Å². The van der Waals surface area contributed by atoms with Crippen molar-refractivity contribution in [3.8, 4) is 0 Å². The van der Waals surface area contributed by atoms with Crippen molar-refractivity contribution >= 4 is 33.3 Å². The van der Waals surface area contributed by atoms with Gasteiger partial charge >= 0.3 is 0 Å². The number of para-hydroxylation sites is 2. The molecule has 24 heavy (non-hydrogen) atoms. The molecule has 0 bridgehead atoms. The number of aryl methyl sites for hydroxylation is 1. The molecule has 2 aromatic rings. The van der Waals surface area contributed by atoms with E-state index in [0.717, 1.165) is 39.6 Å². The van der Waals surface area contributed by atoms with E-state index >= 15 is 0 Å². The molecule has 6 heteroatoms. The minimum atomic E-state index is -3.63. The number of anilines is 2. The zero-order chi connectivity index (χ0) is 17.2. The Balaban J connectivity index is 2.13. The number of nitrogens with zero attached hydrogens (tertiary/aromatic N) is 1. The molecule has 1 heterocycles.